The molecule has 0 aromatic heterocycles. The molecule has 0 aliphatic heterocycles. The summed E-state index contributed by atoms with van der Waals surface area (Å²) in [6.45, 7) is 7.51. The zero-order chi connectivity index (χ0) is 17.7. The van der Waals surface area contributed by atoms with Gasteiger partial charge in [-0.25, -0.2) is 0 Å². The fraction of sp³-hybridized carbons (Fsp3) is 1.00. The predicted molar refractivity (Wildman–Crippen MR) is 95.8 cm³/mol. The first-order valence-corrected chi connectivity index (χ1v) is 10.5. The number of ether oxygens (including phenoxy) is 4. The molecule has 1 N–H and O–H groups in total. The van der Waals surface area contributed by atoms with E-state index in [2.05, 4.69) is 0 Å². The summed E-state index contributed by atoms with van der Waals surface area (Å²) in [6.07, 6.45) is 4.61. The highest BCUT2D eigenvalue weighted by atomic mass is 28.2. The van der Waals surface area contributed by atoms with Gasteiger partial charge in [-0.2, -0.15) is 0 Å². The largest absolute Gasteiger partial charge is 0.415 e. The first-order chi connectivity index (χ1) is 11.7. The number of hydrogen-bond donors (Lipinski definition) is 1. The summed E-state index contributed by atoms with van der Waals surface area (Å²) >= 11 is 0. The van der Waals surface area contributed by atoms with E-state index in [1.807, 2.05) is 13.8 Å². The van der Waals surface area contributed by atoms with Crippen molar-refractivity contribution in [1.29, 1.82) is 0 Å². The Morgan fingerprint density at radius 2 is 1.75 bits per heavy atom. The molecule has 0 radical (unpaired) electrons. The van der Waals surface area contributed by atoms with Crippen LogP contribution in [0.2, 0.25) is 0 Å². The van der Waals surface area contributed by atoms with Gasteiger partial charge in [0.25, 0.3) is 0 Å². The Balaban J connectivity index is 2.44. The molecule has 6 nitrogen and oxygen atoms in total. The van der Waals surface area contributed by atoms with E-state index in [4.69, 9.17) is 23.4 Å². The van der Waals surface area contributed by atoms with E-state index in [9.17, 15) is 5.11 Å². The van der Waals surface area contributed by atoms with Crippen LogP contribution in [-0.2, 0) is 23.4 Å². The van der Waals surface area contributed by atoms with Crippen molar-refractivity contribution < 1.29 is 28.5 Å². The lowest BCUT2D eigenvalue weighted by atomic mass is 9.85. The van der Waals surface area contributed by atoms with E-state index in [0.717, 1.165) is 32.1 Å². The maximum absolute atomic E-state index is 9.92. The molecule has 7 heteroatoms. The standard InChI is InChI=1S/C17H36O6Si/c1-4-21-17(22-5-2,14-15-7-6-8-16(18)13-15)24-23-12-11-20-10-9-19-3/h15-16,18H,4-14,24H2,1-3H3. The number of aliphatic hydroxyl groups is 1. The van der Waals surface area contributed by atoms with Gasteiger partial charge in [0.1, 0.15) is 0 Å². The minimum Gasteiger partial charge on any atom is -0.415 e. The molecule has 1 aliphatic carbocycles. The molecule has 1 saturated carbocycles. The molecule has 144 valence electrons. The molecule has 0 aromatic rings. The van der Waals surface area contributed by atoms with Crippen LogP contribution in [0.15, 0.2) is 0 Å². The Kier molecular flexibility index (Phi) is 12.1. The van der Waals surface area contributed by atoms with Crippen molar-refractivity contribution in [2.24, 2.45) is 5.92 Å². The van der Waals surface area contributed by atoms with Crippen LogP contribution in [0.3, 0.4) is 0 Å². The molecule has 0 bridgehead atoms. The highest BCUT2D eigenvalue weighted by Gasteiger charge is 2.37. The van der Waals surface area contributed by atoms with Crippen molar-refractivity contribution in [2.45, 2.75) is 57.5 Å². The van der Waals surface area contributed by atoms with Gasteiger partial charge in [-0.3, -0.25) is 0 Å². The highest BCUT2D eigenvalue weighted by molar-refractivity contribution is 6.31. The zero-order valence-electron chi connectivity index (χ0n) is 15.6. The lowest BCUT2D eigenvalue weighted by Gasteiger charge is -2.37. The Labute approximate surface area is 149 Å². The van der Waals surface area contributed by atoms with Gasteiger partial charge < -0.3 is 28.5 Å². The van der Waals surface area contributed by atoms with E-state index >= 15 is 0 Å². The summed E-state index contributed by atoms with van der Waals surface area (Å²) in [7, 11) is 0.618. The fourth-order valence-corrected chi connectivity index (χ4v) is 4.98. The van der Waals surface area contributed by atoms with Crippen molar-refractivity contribution in [3.8, 4) is 0 Å². The number of hydrogen-bond acceptors (Lipinski definition) is 6. The Morgan fingerprint density at radius 3 is 2.38 bits per heavy atom. The summed E-state index contributed by atoms with van der Waals surface area (Å²) in [4.78, 5) is 0. The predicted octanol–water partition coefficient (Wildman–Crippen LogP) is 1.42. The average molecular weight is 365 g/mol. The second-order valence-corrected chi connectivity index (χ2v) is 8.10. The molecule has 0 saturated heterocycles. The van der Waals surface area contributed by atoms with Crippen LogP contribution in [0, 0.1) is 5.92 Å². The lowest BCUT2D eigenvalue weighted by Crippen LogP contribution is -2.46. The van der Waals surface area contributed by atoms with Crippen LogP contribution in [0.1, 0.15) is 46.0 Å². The molecular weight excluding hydrogens is 328 g/mol. The minimum atomic E-state index is -1.04. The van der Waals surface area contributed by atoms with Gasteiger partial charge in [0, 0.05) is 26.7 Å². The lowest BCUT2D eigenvalue weighted by molar-refractivity contribution is -0.194. The third-order valence-electron chi connectivity index (χ3n) is 4.30. The molecule has 0 heterocycles. The van der Waals surface area contributed by atoms with E-state index in [-0.39, 0.29) is 6.10 Å². The first-order valence-electron chi connectivity index (χ1n) is 9.26. The molecule has 0 amide bonds. The molecule has 1 fully saturated rings. The first kappa shape index (κ1) is 22.0. The quantitative estimate of drug-likeness (QED) is 0.286. The monoisotopic (exact) mass is 364 g/mol. The van der Waals surface area contributed by atoms with Crippen LogP contribution in [0.25, 0.3) is 0 Å². The molecule has 0 spiro atoms. The van der Waals surface area contributed by atoms with E-state index in [1.165, 1.54) is 0 Å². The minimum absolute atomic E-state index is 0.179. The number of methoxy groups -OCH3 is 1. The highest BCUT2D eigenvalue weighted by Crippen LogP contribution is 2.33. The van der Waals surface area contributed by atoms with Crippen molar-refractivity contribution in [3.63, 3.8) is 0 Å². The number of aliphatic hydroxyl groups excluding tert-OH is 1. The van der Waals surface area contributed by atoms with Crippen LogP contribution in [0.4, 0.5) is 0 Å². The third-order valence-corrected chi connectivity index (χ3v) is 5.92. The van der Waals surface area contributed by atoms with E-state index in [1.54, 1.807) is 7.11 Å². The van der Waals surface area contributed by atoms with Gasteiger partial charge in [0.2, 0.25) is 9.76 Å². The fourth-order valence-electron chi connectivity index (χ4n) is 3.31. The number of rotatable bonds is 14. The van der Waals surface area contributed by atoms with Crippen molar-refractivity contribution in [3.05, 3.63) is 0 Å². The molecular formula is C17H36O6Si. The van der Waals surface area contributed by atoms with Gasteiger partial charge in [-0.05, 0) is 32.6 Å². The molecule has 2 unspecified atom stereocenters. The van der Waals surface area contributed by atoms with Crippen molar-refractivity contribution in [1.82, 2.24) is 0 Å². The summed E-state index contributed by atoms with van der Waals surface area (Å²) in [6, 6.07) is 0. The summed E-state index contributed by atoms with van der Waals surface area (Å²) < 4.78 is 28.3. The van der Waals surface area contributed by atoms with Crippen LogP contribution < -0.4 is 0 Å². The third kappa shape index (κ3) is 8.89. The molecule has 2 atom stereocenters. The van der Waals surface area contributed by atoms with Gasteiger partial charge in [0.05, 0.1) is 32.5 Å². The maximum atomic E-state index is 9.92. The smallest absolute Gasteiger partial charge is 0.227 e. The Bertz CT molecular complexity index is 299. The van der Waals surface area contributed by atoms with Crippen molar-refractivity contribution >= 4 is 9.76 Å². The summed E-state index contributed by atoms with van der Waals surface area (Å²) in [5.41, 5.74) is -0.586. The molecule has 1 rings (SSSR count). The normalized spacial score (nSPS) is 22.5. The second-order valence-electron chi connectivity index (χ2n) is 6.33. The second kappa shape index (κ2) is 13.2. The Morgan fingerprint density at radius 1 is 1.04 bits per heavy atom. The molecule has 24 heavy (non-hydrogen) atoms. The van der Waals surface area contributed by atoms with Gasteiger partial charge in [0.15, 0.2) is 5.41 Å². The van der Waals surface area contributed by atoms with Crippen molar-refractivity contribution in [2.75, 3.05) is 46.8 Å². The SMILES string of the molecule is CCOC(CC1CCCC(O)C1)(OCC)[SiH2]OCCOCCOC. The maximum Gasteiger partial charge on any atom is 0.227 e. The molecule has 0 aromatic carbocycles. The molecule has 1 aliphatic rings. The summed E-state index contributed by atoms with van der Waals surface area (Å²) in [5.74, 6) is 0.445. The van der Waals surface area contributed by atoms with Crippen LogP contribution in [-0.4, -0.2) is 73.1 Å². The van der Waals surface area contributed by atoms with Crippen LogP contribution in [0.5, 0.6) is 0 Å². The Hall–Kier alpha value is -0.0231. The van der Waals surface area contributed by atoms with Gasteiger partial charge in [-0.1, -0.05) is 12.8 Å². The van der Waals surface area contributed by atoms with Gasteiger partial charge in [-0.15, -0.1) is 0 Å². The summed E-state index contributed by atoms with van der Waals surface area (Å²) in [5, 5.41) is 9.92. The van der Waals surface area contributed by atoms with E-state index in [0.29, 0.717) is 45.6 Å². The topological polar surface area (TPSA) is 66.4 Å². The van der Waals surface area contributed by atoms with Crippen LogP contribution >= 0.6 is 0 Å². The zero-order valence-corrected chi connectivity index (χ0v) is 17.0. The van der Waals surface area contributed by atoms with E-state index < -0.39 is 15.2 Å². The average Bonchev–Trinajstić information content (AvgIpc) is 2.54. The van der Waals surface area contributed by atoms with Gasteiger partial charge >= 0.3 is 0 Å².